The quantitative estimate of drug-likeness (QED) is 0.409. The molecule has 1 aromatic heterocycles. The number of hydrogen-bond donors (Lipinski definition) is 2. The molecule has 0 bridgehead atoms. The summed E-state index contributed by atoms with van der Waals surface area (Å²) in [4.78, 5) is 4.37. The third kappa shape index (κ3) is 4.47. The van der Waals surface area contributed by atoms with Gasteiger partial charge in [-0.15, -0.1) is 11.3 Å². The van der Waals surface area contributed by atoms with Crippen LogP contribution < -0.4 is 10.0 Å². The van der Waals surface area contributed by atoms with Gasteiger partial charge in [0.15, 0.2) is 10.7 Å². The topological polar surface area (TPSA) is 74.3 Å². The van der Waals surface area contributed by atoms with E-state index >= 15 is 0 Å². The molecule has 1 aliphatic heterocycles. The Balaban J connectivity index is 1.29. The lowest BCUT2D eigenvalue weighted by atomic mass is 9.94. The molecule has 0 atom stereocenters. The number of nitrogens with zero attached hydrogens (tertiary/aromatic N) is 2. The Hall–Kier alpha value is -2.77. The first-order chi connectivity index (χ1) is 16.5. The monoisotopic (exact) mass is 530 g/mol. The smallest absolute Gasteiger partial charge is 0.268 e. The number of hydrogen-bond acceptors (Lipinski definition) is 6. The minimum absolute atomic E-state index is 0.0680. The third-order valence-corrected chi connectivity index (χ3v) is 8.27. The van der Waals surface area contributed by atoms with Gasteiger partial charge in [-0.2, -0.15) is 0 Å². The van der Waals surface area contributed by atoms with E-state index in [1.54, 1.807) is 11.0 Å². The van der Waals surface area contributed by atoms with Crippen molar-refractivity contribution in [3.63, 3.8) is 0 Å². The van der Waals surface area contributed by atoms with Crippen LogP contribution in [0.25, 0.3) is 0 Å². The fourth-order valence-electron chi connectivity index (χ4n) is 4.40. The molecule has 0 amide bonds. The number of benzene rings is 2. The molecule has 2 heterocycles. The van der Waals surface area contributed by atoms with Crippen LogP contribution in [0.3, 0.4) is 0 Å². The molecule has 6 nitrogen and oxygen atoms in total. The van der Waals surface area contributed by atoms with Gasteiger partial charge in [-0.3, -0.25) is 9.62 Å². The van der Waals surface area contributed by atoms with Crippen molar-refractivity contribution in [2.24, 2.45) is 5.41 Å². The Bertz CT molecular complexity index is 1350. The van der Waals surface area contributed by atoms with Crippen molar-refractivity contribution in [1.29, 1.82) is 0 Å². The fourth-order valence-corrected chi connectivity index (χ4v) is 6.08. The van der Waals surface area contributed by atoms with Crippen LogP contribution in [0.2, 0.25) is 0 Å². The van der Waals surface area contributed by atoms with Gasteiger partial charge in [-0.25, -0.2) is 35.4 Å². The fraction of sp³-hybridized carbons (Fsp3) is 0.318. The number of anilines is 2. The van der Waals surface area contributed by atoms with Crippen LogP contribution in [0.15, 0.2) is 46.1 Å². The minimum atomic E-state index is -4.57. The highest BCUT2D eigenvalue weighted by molar-refractivity contribution is 7.92. The molecule has 1 spiro atoms. The lowest BCUT2D eigenvalue weighted by molar-refractivity contribution is -0.0280. The van der Waals surface area contributed by atoms with Crippen LogP contribution in [-0.2, 0) is 23.1 Å². The van der Waals surface area contributed by atoms with Crippen molar-refractivity contribution in [2.75, 3.05) is 23.1 Å². The number of rotatable bonds is 8. The second kappa shape index (κ2) is 8.42. The number of thiazole rings is 1. The molecule has 2 N–H and O–H groups in total. The molecule has 5 rings (SSSR count). The molecule has 1 aliphatic carbocycles. The molecule has 2 aromatic carbocycles. The zero-order valence-electron chi connectivity index (χ0n) is 18.0. The SMILES string of the molecule is O=S(=O)(Nc1cscn1)c1c(F)cc(NCc2c(F)cccc2CN2CC3(C2)CC3(F)F)cc1F. The van der Waals surface area contributed by atoms with Gasteiger partial charge in [0.05, 0.1) is 10.9 Å². The summed E-state index contributed by atoms with van der Waals surface area (Å²) >= 11 is 1.10. The molecule has 1 saturated carbocycles. The largest absolute Gasteiger partial charge is 0.381 e. The maximum absolute atomic E-state index is 14.6. The van der Waals surface area contributed by atoms with Gasteiger partial charge in [0.2, 0.25) is 0 Å². The lowest BCUT2D eigenvalue weighted by Gasteiger charge is -2.40. The average molecular weight is 531 g/mol. The van der Waals surface area contributed by atoms with Crippen molar-refractivity contribution < 1.29 is 30.4 Å². The van der Waals surface area contributed by atoms with Gasteiger partial charge >= 0.3 is 0 Å². The van der Waals surface area contributed by atoms with Crippen molar-refractivity contribution >= 4 is 32.9 Å². The van der Waals surface area contributed by atoms with E-state index in [1.807, 2.05) is 4.72 Å². The Morgan fingerprint density at radius 1 is 1.09 bits per heavy atom. The molecule has 3 aromatic rings. The lowest BCUT2D eigenvalue weighted by Crippen LogP contribution is -2.50. The van der Waals surface area contributed by atoms with Gasteiger partial charge in [0, 0.05) is 49.2 Å². The molecule has 2 fully saturated rings. The van der Waals surface area contributed by atoms with Crippen LogP contribution in [0.1, 0.15) is 17.5 Å². The highest BCUT2D eigenvalue weighted by atomic mass is 32.2. The Morgan fingerprint density at radius 3 is 2.37 bits per heavy atom. The zero-order chi connectivity index (χ0) is 25.0. The first kappa shape index (κ1) is 23.9. The summed E-state index contributed by atoms with van der Waals surface area (Å²) in [7, 11) is -4.57. The highest BCUT2D eigenvalue weighted by Gasteiger charge is 2.75. The molecule has 0 unspecified atom stereocenters. The standard InChI is InChI=1S/C22H19F5N4O2S2/c23-16-3-1-2-13(7-31-10-21(11-31)9-22(21,26)27)15(16)6-28-14-4-17(24)20(18(25)5-14)35(32,33)30-19-8-34-12-29-19/h1-5,8,12,28,30H,6-7,9-11H2. The van der Waals surface area contributed by atoms with E-state index in [1.165, 1.54) is 23.0 Å². The third-order valence-electron chi connectivity index (χ3n) is 6.28. The summed E-state index contributed by atoms with van der Waals surface area (Å²) in [5, 5.41) is 4.08. The summed E-state index contributed by atoms with van der Waals surface area (Å²) in [6, 6.07) is 6.00. The maximum Gasteiger partial charge on any atom is 0.268 e. The van der Waals surface area contributed by atoms with Crippen molar-refractivity contribution in [3.05, 3.63) is 69.8 Å². The Labute approximate surface area is 201 Å². The molecule has 1 saturated heterocycles. The second-order valence-corrected chi connectivity index (χ2v) is 11.1. The second-order valence-electron chi connectivity index (χ2n) is 8.79. The zero-order valence-corrected chi connectivity index (χ0v) is 19.6. The predicted molar refractivity (Wildman–Crippen MR) is 120 cm³/mol. The van der Waals surface area contributed by atoms with Crippen molar-refractivity contribution in [2.45, 2.75) is 30.3 Å². The number of aromatic nitrogens is 1. The van der Waals surface area contributed by atoms with Gasteiger partial charge in [0.1, 0.15) is 17.5 Å². The summed E-state index contributed by atoms with van der Waals surface area (Å²) in [5.41, 5.74) is 1.09. The van der Waals surface area contributed by atoms with Gasteiger partial charge in [-0.05, 0) is 23.8 Å². The van der Waals surface area contributed by atoms with Gasteiger partial charge in [-0.1, -0.05) is 12.1 Å². The highest BCUT2D eigenvalue weighted by Crippen LogP contribution is 2.65. The van der Waals surface area contributed by atoms with Crippen LogP contribution in [0.5, 0.6) is 0 Å². The number of nitrogens with one attached hydrogen (secondary N) is 2. The van der Waals surface area contributed by atoms with E-state index in [-0.39, 0.29) is 49.7 Å². The number of halogens is 5. The number of alkyl halides is 2. The predicted octanol–water partition coefficient (Wildman–Crippen LogP) is 4.81. The first-order valence-corrected chi connectivity index (χ1v) is 12.9. The average Bonchev–Trinajstić information content (AvgIpc) is 3.04. The van der Waals surface area contributed by atoms with Gasteiger partial charge < -0.3 is 5.32 Å². The van der Waals surface area contributed by atoms with Crippen LogP contribution in [0.4, 0.5) is 33.5 Å². The van der Waals surface area contributed by atoms with Crippen LogP contribution in [0, 0.1) is 22.9 Å². The number of likely N-dealkylation sites (tertiary alicyclic amines) is 1. The van der Waals surface area contributed by atoms with E-state index in [4.69, 9.17) is 0 Å². The van der Waals surface area contributed by atoms with Gasteiger partial charge in [0.25, 0.3) is 15.9 Å². The molecular weight excluding hydrogens is 511 g/mol. The van der Waals surface area contributed by atoms with Crippen molar-refractivity contribution in [3.8, 4) is 0 Å². The van der Waals surface area contributed by atoms with Crippen LogP contribution in [-0.4, -0.2) is 37.3 Å². The van der Waals surface area contributed by atoms with E-state index in [0.717, 1.165) is 23.5 Å². The molecule has 186 valence electrons. The Kier molecular flexibility index (Phi) is 5.76. The normalized spacial score (nSPS) is 18.3. The number of sulfonamides is 1. The molecule has 0 radical (unpaired) electrons. The summed E-state index contributed by atoms with van der Waals surface area (Å²) < 4.78 is 97.5. The minimum Gasteiger partial charge on any atom is -0.381 e. The van der Waals surface area contributed by atoms with E-state index in [2.05, 4.69) is 10.3 Å². The summed E-state index contributed by atoms with van der Waals surface area (Å²) in [5.74, 6) is -5.93. The van der Waals surface area contributed by atoms with Crippen LogP contribution >= 0.6 is 11.3 Å². The van der Waals surface area contributed by atoms with E-state index in [0.29, 0.717) is 5.56 Å². The van der Waals surface area contributed by atoms with E-state index < -0.39 is 43.7 Å². The Morgan fingerprint density at radius 2 is 1.77 bits per heavy atom. The summed E-state index contributed by atoms with van der Waals surface area (Å²) in [6.07, 6.45) is -0.129. The molecule has 2 aliphatic rings. The maximum atomic E-state index is 14.6. The molecular formula is C22H19F5N4O2S2. The van der Waals surface area contributed by atoms with E-state index in [9.17, 15) is 30.4 Å². The first-order valence-electron chi connectivity index (χ1n) is 10.5. The summed E-state index contributed by atoms with van der Waals surface area (Å²) in [6.45, 7) is 0.559. The molecule has 13 heteroatoms. The van der Waals surface area contributed by atoms with Crippen molar-refractivity contribution in [1.82, 2.24) is 9.88 Å². The molecule has 35 heavy (non-hydrogen) atoms.